The Bertz CT molecular complexity index is 654. The summed E-state index contributed by atoms with van der Waals surface area (Å²) in [5.41, 5.74) is 0.699. The lowest BCUT2D eigenvalue weighted by Crippen LogP contribution is -2.06. The SMILES string of the molecule is CCCNc1nc(-c2cc(F)c(F)c(F)c2)nc(C)c1Br. The molecule has 1 N–H and O–H groups in total. The van der Waals surface area contributed by atoms with Crippen LogP contribution in [-0.2, 0) is 0 Å². The second-order valence-corrected chi connectivity index (χ2v) is 5.27. The average Bonchev–Trinajstić information content (AvgIpc) is 2.45. The van der Waals surface area contributed by atoms with E-state index in [1.807, 2.05) is 6.92 Å². The number of anilines is 1. The molecule has 21 heavy (non-hydrogen) atoms. The minimum absolute atomic E-state index is 0.0848. The number of nitrogens with one attached hydrogen (secondary N) is 1. The average molecular weight is 360 g/mol. The molecule has 1 heterocycles. The van der Waals surface area contributed by atoms with Crippen LogP contribution in [0.1, 0.15) is 19.0 Å². The maximum absolute atomic E-state index is 13.3. The van der Waals surface area contributed by atoms with Crippen molar-refractivity contribution < 1.29 is 13.2 Å². The highest BCUT2D eigenvalue weighted by molar-refractivity contribution is 9.10. The smallest absolute Gasteiger partial charge is 0.194 e. The number of rotatable bonds is 4. The molecule has 0 bridgehead atoms. The van der Waals surface area contributed by atoms with Crippen LogP contribution in [0.3, 0.4) is 0 Å². The van der Waals surface area contributed by atoms with E-state index in [9.17, 15) is 13.2 Å². The number of hydrogen-bond donors (Lipinski definition) is 1. The van der Waals surface area contributed by atoms with Crippen molar-refractivity contribution in [1.82, 2.24) is 9.97 Å². The summed E-state index contributed by atoms with van der Waals surface area (Å²) in [6, 6.07) is 1.76. The zero-order valence-corrected chi connectivity index (χ0v) is 13.1. The zero-order valence-electron chi connectivity index (χ0n) is 11.5. The molecule has 0 aliphatic rings. The maximum atomic E-state index is 13.3. The number of benzene rings is 1. The lowest BCUT2D eigenvalue weighted by atomic mass is 10.2. The van der Waals surface area contributed by atoms with Crippen LogP contribution in [0.5, 0.6) is 0 Å². The third-order valence-electron chi connectivity index (χ3n) is 2.80. The molecule has 0 amide bonds. The molecule has 0 saturated heterocycles. The van der Waals surface area contributed by atoms with E-state index < -0.39 is 17.5 Å². The first-order valence-corrected chi connectivity index (χ1v) is 7.16. The van der Waals surface area contributed by atoms with Crippen molar-refractivity contribution in [2.24, 2.45) is 0 Å². The Labute approximate surface area is 128 Å². The van der Waals surface area contributed by atoms with E-state index in [4.69, 9.17) is 0 Å². The molecule has 0 fully saturated rings. The number of nitrogens with zero attached hydrogens (tertiary/aromatic N) is 2. The summed E-state index contributed by atoms with van der Waals surface area (Å²) in [7, 11) is 0. The van der Waals surface area contributed by atoms with Crippen molar-refractivity contribution >= 4 is 21.7 Å². The summed E-state index contributed by atoms with van der Waals surface area (Å²) in [6.45, 7) is 4.43. The van der Waals surface area contributed by atoms with Gasteiger partial charge in [-0.15, -0.1) is 0 Å². The quantitative estimate of drug-likeness (QED) is 0.819. The third kappa shape index (κ3) is 3.34. The standard InChI is InChI=1S/C14H13BrF3N3/c1-3-4-19-14-11(15)7(2)20-13(21-14)8-5-9(16)12(18)10(17)6-8/h5-6H,3-4H2,1-2H3,(H,19,20,21). The van der Waals surface area contributed by atoms with Crippen molar-refractivity contribution in [3.8, 4) is 11.4 Å². The molecule has 2 rings (SSSR count). The molecule has 7 heteroatoms. The molecule has 0 radical (unpaired) electrons. The number of aryl methyl sites for hydroxylation is 1. The largest absolute Gasteiger partial charge is 0.369 e. The van der Waals surface area contributed by atoms with Gasteiger partial charge >= 0.3 is 0 Å². The van der Waals surface area contributed by atoms with Gasteiger partial charge in [-0.1, -0.05) is 6.92 Å². The lowest BCUT2D eigenvalue weighted by Gasteiger charge is -2.11. The molecule has 0 saturated carbocycles. The van der Waals surface area contributed by atoms with Crippen LogP contribution in [0.25, 0.3) is 11.4 Å². The summed E-state index contributed by atoms with van der Waals surface area (Å²) >= 11 is 3.36. The molecule has 112 valence electrons. The van der Waals surface area contributed by atoms with Gasteiger partial charge in [0, 0.05) is 12.1 Å². The van der Waals surface area contributed by atoms with Crippen molar-refractivity contribution in [3.05, 3.63) is 39.8 Å². The van der Waals surface area contributed by atoms with Crippen LogP contribution in [0, 0.1) is 24.4 Å². The molecule has 0 spiro atoms. The van der Waals surface area contributed by atoms with Crippen LogP contribution in [0.15, 0.2) is 16.6 Å². The van der Waals surface area contributed by atoms with E-state index in [2.05, 4.69) is 31.2 Å². The highest BCUT2D eigenvalue weighted by Crippen LogP contribution is 2.28. The van der Waals surface area contributed by atoms with Crippen molar-refractivity contribution in [2.75, 3.05) is 11.9 Å². The van der Waals surface area contributed by atoms with Gasteiger partial charge in [0.2, 0.25) is 0 Å². The van der Waals surface area contributed by atoms with Crippen LogP contribution < -0.4 is 5.32 Å². The van der Waals surface area contributed by atoms with Crippen LogP contribution >= 0.6 is 15.9 Å². The first-order chi connectivity index (χ1) is 9.93. The summed E-state index contributed by atoms with van der Waals surface area (Å²) in [5, 5.41) is 3.09. The Morgan fingerprint density at radius 2 is 1.76 bits per heavy atom. The highest BCUT2D eigenvalue weighted by Gasteiger charge is 2.15. The minimum atomic E-state index is -1.50. The summed E-state index contributed by atoms with van der Waals surface area (Å²) in [4.78, 5) is 8.40. The summed E-state index contributed by atoms with van der Waals surface area (Å²) in [6.07, 6.45) is 0.893. The summed E-state index contributed by atoms with van der Waals surface area (Å²) in [5.74, 6) is -3.37. The molecule has 0 aliphatic carbocycles. The Balaban J connectivity index is 2.51. The Morgan fingerprint density at radius 3 is 2.33 bits per heavy atom. The van der Waals surface area contributed by atoms with Crippen molar-refractivity contribution in [2.45, 2.75) is 20.3 Å². The summed E-state index contributed by atoms with van der Waals surface area (Å²) < 4.78 is 40.3. The number of aromatic nitrogens is 2. The van der Waals surface area contributed by atoms with E-state index in [0.717, 1.165) is 18.6 Å². The van der Waals surface area contributed by atoms with E-state index in [1.165, 1.54) is 0 Å². The van der Waals surface area contributed by atoms with Crippen LogP contribution in [0.2, 0.25) is 0 Å². The van der Waals surface area contributed by atoms with E-state index >= 15 is 0 Å². The highest BCUT2D eigenvalue weighted by atomic mass is 79.9. The Hall–Kier alpha value is -1.63. The third-order valence-corrected chi connectivity index (χ3v) is 3.75. The first kappa shape index (κ1) is 15.8. The lowest BCUT2D eigenvalue weighted by molar-refractivity contribution is 0.447. The molecule has 1 aromatic carbocycles. The van der Waals surface area contributed by atoms with E-state index in [1.54, 1.807) is 6.92 Å². The number of hydrogen-bond acceptors (Lipinski definition) is 3. The fourth-order valence-electron chi connectivity index (χ4n) is 1.73. The van der Waals surface area contributed by atoms with Crippen LogP contribution in [0.4, 0.5) is 19.0 Å². The van der Waals surface area contributed by atoms with Gasteiger partial charge in [0.15, 0.2) is 23.3 Å². The van der Waals surface area contributed by atoms with Gasteiger partial charge in [0.05, 0.1) is 10.2 Å². The van der Waals surface area contributed by atoms with Gasteiger partial charge in [-0.25, -0.2) is 23.1 Å². The molecule has 0 aliphatic heterocycles. The van der Waals surface area contributed by atoms with Crippen LogP contribution in [-0.4, -0.2) is 16.5 Å². The number of halogens is 4. The molecule has 0 atom stereocenters. The van der Waals surface area contributed by atoms with Gasteiger partial charge in [0.1, 0.15) is 5.82 Å². The second kappa shape index (κ2) is 6.43. The van der Waals surface area contributed by atoms with E-state index in [-0.39, 0.29) is 11.4 Å². The monoisotopic (exact) mass is 359 g/mol. The predicted octanol–water partition coefficient (Wildman–Crippen LogP) is 4.45. The topological polar surface area (TPSA) is 37.8 Å². The minimum Gasteiger partial charge on any atom is -0.369 e. The Morgan fingerprint density at radius 1 is 1.14 bits per heavy atom. The van der Waals surface area contributed by atoms with Gasteiger partial charge in [-0.05, 0) is 41.4 Å². The van der Waals surface area contributed by atoms with Gasteiger partial charge in [-0.3, -0.25) is 0 Å². The molecule has 3 nitrogen and oxygen atoms in total. The fourth-order valence-corrected chi connectivity index (χ4v) is 2.05. The normalized spacial score (nSPS) is 10.8. The van der Waals surface area contributed by atoms with E-state index in [0.29, 0.717) is 22.5 Å². The van der Waals surface area contributed by atoms with Gasteiger partial charge in [-0.2, -0.15) is 0 Å². The molecule has 0 unspecified atom stereocenters. The maximum Gasteiger partial charge on any atom is 0.194 e. The predicted molar refractivity (Wildman–Crippen MR) is 78.6 cm³/mol. The Kier molecular flexibility index (Phi) is 4.82. The first-order valence-electron chi connectivity index (χ1n) is 6.37. The molecule has 1 aromatic heterocycles. The molecule has 2 aromatic rings. The second-order valence-electron chi connectivity index (χ2n) is 4.48. The molecular weight excluding hydrogens is 347 g/mol. The fraction of sp³-hybridized carbons (Fsp3) is 0.286. The van der Waals surface area contributed by atoms with Crippen molar-refractivity contribution in [1.29, 1.82) is 0 Å². The van der Waals surface area contributed by atoms with Gasteiger partial charge in [0.25, 0.3) is 0 Å². The van der Waals surface area contributed by atoms with Crippen molar-refractivity contribution in [3.63, 3.8) is 0 Å². The van der Waals surface area contributed by atoms with Gasteiger partial charge < -0.3 is 5.32 Å². The molecular formula is C14H13BrF3N3. The zero-order chi connectivity index (χ0) is 15.6.